The van der Waals surface area contributed by atoms with Crippen LogP contribution in [-0.4, -0.2) is 5.91 Å². The van der Waals surface area contributed by atoms with Gasteiger partial charge in [0.25, 0.3) is 5.91 Å². The maximum atomic E-state index is 13.3. The van der Waals surface area contributed by atoms with E-state index in [1.807, 2.05) is 19.1 Å². The largest absolute Gasteiger partial charge is 0.345 e. The van der Waals surface area contributed by atoms with Crippen molar-refractivity contribution in [2.24, 2.45) is 0 Å². The molecule has 5 heteroatoms. The number of hydrogen-bond donors (Lipinski definition) is 1. The fourth-order valence-electron chi connectivity index (χ4n) is 2.02. The third kappa shape index (κ3) is 4.05. The van der Waals surface area contributed by atoms with Crippen LogP contribution in [-0.2, 0) is 0 Å². The highest BCUT2D eigenvalue weighted by Crippen LogP contribution is 2.22. The number of carbonyl (C=O) groups excluding carboxylic acids is 1. The minimum absolute atomic E-state index is 0.148. The van der Waals surface area contributed by atoms with Crippen molar-refractivity contribution < 1.29 is 9.18 Å². The van der Waals surface area contributed by atoms with E-state index in [9.17, 15) is 9.18 Å². The first-order valence-electron chi connectivity index (χ1n) is 6.52. The highest BCUT2D eigenvalue weighted by atomic mass is 79.9. The summed E-state index contributed by atoms with van der Waals surface area (Å²) < 4.78 is 13.8. The lowest BCUT2D eigenvalue weighted by atomic mass is 10.0. The molecule has 0 aliphatic rings. The van der Waals surface area contributed by atoms with E-state index in [1.54, 1.807) is 12.1 Å². The van der Waals surface area contributed by atoms with E-state index >= 15 is 0 Å². The Kier molecular flexibility index (Phi) is 5.37. The zero-order valence-corrected chi connectivity index (χ0v) is 13.7. The molecule has 0 heterocycles. The molecule has 0 saturated carbocycles. The Hall–Kier alpha value is -1.39. The van der Waals surface area contributed by atoms with Crippen molar-refractivity contribution in [3.63, 3.8) is 0 Å². The van der Waals surface area contributed by atoms with Crippen molar-refractivity contribution in [1.82, 2.24) is 5.32 Å². The van der Waals surface area contributed by atoms with Crippen molar-refractivity contribution in [3.05, 3.63) is 68.9 Å². The first-order valence-corrected chi connectivity index (χ1v) is 7.69. The Balaban J connectivity index is 2.20. The molecule has 0 fully saturated rings. The summed E-state index contributed by atoms with van der Waals surface area (Å²) in [5.41, 5.74) is 1.24. The molecule has 2 aromatic rings. The SMILES string of the molecule is CCC(NC(=O)c1cc(F)ccc1Br)c1ccc(Cl)cc1. The predicted molar refractivity (Wildman–Crippen MR) is 86.1 cm³/mol. The first-order chi connectivity index (χ1) is 10.0. The molecule has 1 atom stereocenters. The lowest BCUT2D eigenvalue weighted by Crippen LogP contribution is -2.28. The summed E-state index contributed by atoms with van der Waals surface area (Å²) >= 11 is 9.13. The normalized spacial score (nSPS) is 12.0. The van der Waals surface area contributed by atoms with E-state index in [0.717, 1.165) is 12.0 Å². The fraction of sp³-hybridized carbons (Fsp3) is 0.188. The van der Waals surface area contributed by atoms with Crippen LogP contribution < -0.4 is 5.32 Å². The van der Waals surface area contributed by atoms with Crippen molar-refractivity contribution in [2.45, 2.75) is 19.4 Å². The molecule has 0 aliphatic carbocycles. The number of rotatable bonds is 4. The number of nitrogens with one attached hydrogen (secondary N) is 1. The Morgan fingerprint density at radius 1 is 1.29 bits per heavy atom. The van der Waals surface area contributed by atoms with Gasteiger partial charge in [0.05, 0.1) is 11.6 Å². The third-order valence-corrected chi connectivity index (χ3v) is 4.10. The van der Waals surface area contributed by atoms with Crippen LogP contribution in [0, 0.1) is 5.82 Å². The second-order valence-electron chi connectivity index (χ2n) is 4.61. The lowest BCUT2D eigenvalue weighted by Gasteiger charge is -2.18. The molecular weight excluding hydrogens is 357 g/mol. The summed E-state index contributed by atoms with van der Waals surface area (Å²) in [5, 5.41) is 3.55. The van der Waals surface area contributed by atoms with Crippen molar-refractivity contribution in [1.29, 1.82) is 0 Å². The topological polar surface area (TPSA) is 29.1 Å². The summed E-state index contributed by atoms with van der Waals surface area (Å²) in [6.07, 6.45) is 0.723. The van der Waals surface area contributed by atoms with Gasteiger partial charge in [-0.25, -0.2) is 4.39 Å². The molecule has 1 unspecified atom stereocenters. The Bertz CT molecular complexity index is 645. The molecule has 0 saturated heterocycles. The van der Waals surface area contributed by atoms with E-state index in [-0.39, 0.29) is 17.5 Å². The van der Waals surface area contributed by atoms with Crippen molar-refractivity contribution >= 4 is 33.4 Å². The third-order valence-electron chi connectivity index (χ3n) is 3.16. The highest BCUT2D eigenvalue weighted by Gasteiger charge is 2.16. The molecule has 110 valence electrons. The summed E-state index contributed by atoms with van der Waals surface area (Å²) in [4.78, 5) is 12.3. The van der Waals surface area contributed by atoms with Crippen LogP contribution in [0.1, 0.15) is 35.3 Å². The molecule has 0 radical (unpaired) electrons. The van der Waals surface area contributed by atoms with Gasteiger partial charge in [0.1, 0.15) is 5.82 Å². The summed E-state index contributed by atoms with van der Waals surface area (Å²) in [5.74, 6) is -0.758. The van der Waals surface area contributed by atoms with Crippen LogP contribution in [0.3, 0.4) is 0 Å². The molecule has 2 aromatic carbocycles. The average Bonchev–Trinajstić information content (AvgIpc) is 2.48. The first kappa shape index (κ1) is 16.0. The molecule has 0 spiro atoms. The van der Waals surface area contributed by atoms with Gasteiger partial charge in [-0.15, -0.1) is 0 Å². The minimum atomic E-state index is -0.442. The highest BCUT2D eigenvalue weighted by molar-refractivity contribution is 9.10. The van der Waals surface area contributed by atoms with Gasteiger partial charge in [0.15, 0.2) is 0 Å². The quantitative estimate of drug-likeness (QED) is 0.795. The second-order valence-corrected chi connectivity index (χ2v) is 5.90. The zero-order chi connectivity index (χ0) is 15.4. The van der Waals surface area contributed by atoms with Crippen LogP contribution in [0.2, 0.25) is 5.02 Å². The monoisotopic (exact) mass is 369 g/mol. The van der Waals surface area contributed by atoms with E-state index in [2.05, 4.69) is 21.2 Å². The second kappa shape index (κ2) is 7.05. The summed E-state index contributed by atoms with van der Waals surface area (Å²) in [6.45, 7) is 1.97. The number of amides is 1. The van der Waals surface area contributed by atoms with Crippen LogP contribution >= 0.6 is 27.5 Å². The van der Waals surface area contributed by atoms with Crippen molar-refractivity contribution in [3.8, 4) is 0 Å². The average molecular weight is 371 g/mol. The summed E-state index contributed by atoms with van der Waals surface area (Å²) in [7, 11) is 0. The predicted octanol–water partition coefficient (Wildman–Crippen LogP) is 5.12. The van der Waals surface area contributed by atoms with Gasteiger partial charge in [-0.1, -0.05) is 30.7 Å². The van der Waals surface area contributed by atoms with Crippen LogP contribution in [0.5, 0.6) is 0 Å². The van der Waals surface area contributed by atoms with Gasteiger partial charge in [-0.2, -0.15) is 0 Å². The van der Waals surface area contributed by atoms with Gasteiger partial charge in [-0.05, 0) is 58.2 Å². The maximum Gasteiger partial charge on any atom is 0.253 e. The standard InChI is InChI=1S/C16H14BrClFNO/c1-2-15(10-3-5-11(18)6-4-10)20-16(21)13-9-12(19)7-8-14(13)17/h3-9,15H,2H2,1H3,(H,20,21). The molecule has 1 amide bonds. The van der Waals surface area contributed by atoms with Gasteiger partial charge in [0.2, 0.25) is 0 Å². The molecule has 0 aromatic heterocycles. The molecule has 0 bridgehead atoms. The molecule has 21 heavy (non-hydrogen) atoms. The number of carbonyl (C=O) groups is 1. The van der Waals surface area contributed by atoms with Crippen LogP contribution in [0.25, 0.3) is 0 Å². The minimum Gasteiger partial charge on any atom is -0.345 e. The van der Waals surface area contributed by atoms with Gasteiger partial charge in [0, 0.05) is 9.50 Å². The Morgan fingerprint density at radius 2 is 1.95 bits per heavy atom. The van der Waals surface area contributed by atoms with E-state index in [0.29, 0.717) is 9.50 Å². The number of hydrogen-bond acceptors (Lipinski definition) is 1. The molecule has 2 nitrogen and oxygen atoms in total. The van der Waals surface area contributed by atoms with Crippen molar-refractivity contribution in [2.75, 3.05) is 0 Å². The molecule has 0 aliphatic heterocycles. The van der Waals surface area contributed by atoms with Gasteiger partial charge in [-0.3, -0.25) is 4.79 Å². The Morgan fingerprint density at radius 3 is 2.57 bits per heavy atom. The zero-order valence-electron chi connectivity index (χ0n) is 11.4. The molecule has 1 N–H and O–H groups in total. The number of halogens is 3. The van der Waals surface area contributed by atoms with E-state index in [1.165, 1.54) is 18.2 Å². The number of benzene rings is 2. The van der Waals surface area contributed by atoms with E-state index in [4.69, 9.17) is 11.6 Å². The molecule has 2 rings (SSSR count). The maximum absolute atomic E-state index is 13.3. The summed E-state index contributed by atoms with van der Waals surface area (Å²) in [6, 6.07) is 11.2. The van der Waals surface area contributed by atoms with Gasteiger partial charge < -0.3 is 5.32 Å². The smallest absolute Gasteiger partial charge is 0.253 e. The molecular formula is C16H14BrClFNO. The lowest BCUT2D eigenvalue weighted by molar-refractivity contribution is 0.0934. The van der Waals surface area contributed by atoms with Crippen LogP contribution in [0.4, 0.5) is 4.39 Å². The van der Waals surface area contributed by atoms with Crippen LogP contribution in [0.15, 0.2) is 46.9 Å². The Labute approximate surface area is 136 Å². The van der Waals surface area contributed by atoms with E-state index < -0.39 is 5.82 Å². The van der Waals surface area contributed by atoms with Gasteiger partial charge >= 0.3 is 0 Å². The fourth-order valence-corrected chi connectivity index (χ4v) is 2.58.